The average molecular weight is 430 g/mol. The molecule has 0 fully saturated rings. The van der Waals surface area contributed by atoms with Gasteiger partial charge in [0.1, 0.15) is 6.04 Å². The molecule has 3 rings (SSSR count). The van der Waals surface area contributed by atoms with Gasteiger partial charge in [-0.1, -0.05) is 43.0 Å². The van der Waals surface area contributed by atoms with Crippen molar-refractivity contribution in [2.24, 2.45) is 11.7 Å². The van der Waals surface area contributed by atoms with Crippen LogP contribution in [0.5, 0.6) is 0 Å². The number of hydrogen-bond donors (Lipinski definition) is 2. The van der Waals surface area contributed by atoms with Gasteiger partial charge in [-0.05, 0) is 43.7 Å². The lowest BCUT2D eigenvalue weighted by atomic mass is 10.1. The molecule has 2 unspecified atom stereocenters. The Morgan fingerprint density at radius 2 is 1.67 bits per heavy atom. The number of quaternary nitrogens is 1. The van der Waals surface area contributed by atoms with Crippen LogP contribution in [-0.4, -0.2) is 57.1 Å². The largest absolute Gasteiger partial charge is 0.411 e. The molecule has 1 aliphatic heterocycles. The van der Waals surface area contributed by atoms with Crippen molar-refractivity contribution in [1.82, 2.24) is 5.32 Å². The van der Waals surface area contributed by atoms with Crippen LogP contribution in [0.25, 0.3) is 0 Å². The molecule has 0 saturated heterocycles. The van der Waals surface area contributed by atoms with Crippen molar-refractivity contribution in [3.63, 3.8) is 0 Å². The maximum Gasteiger partial charge on any atom is 0.411 e. The highest BCUT2D eigenvalue weighted by Crippen LogP contribution is 2.47. The van der Waals surface area contributed by atoms with Crippen LogP contribution in [0.1, 0.15) is 13.8 Å². The van der Waals surface area contributed by atoms with Crippen molar-refractivity contribution < 1.29 is 14.0 Å². The SMILES string of the molecule is CC(CN)CNC(=O)OC[N+](C)(C)C(C)CN1c2ccccc2Sc2ccccc21. The summed E-state index contributed by atoms with van der Waals surface area (Å²) in [5.41, 5.74) is 8.05. The summed E-state index contributed by atoms with van der Waals surface area (Å²) in [5, 5.41) is 2.79. The van der Waals surface area contributed by atoms with Gasteiger partial charge in [0.25, 0.3) is 0 Å². The molecule has 2 atom stereocenters. The van der Waals surface area contributed by atoms with E-state index in [1.807, 2.05) is 18.7 Å². The summed E-state index contributed by atoms with van der Waals surface area (Å²) in [7, 11) is 4.19. The van der Waals surface area contributed by atoms with E-state index in [4.69, 9.17) is 10.5 Å². The van der Waals surface area contributed by atoms with Gasteiger partial charge in [-0.15, -0.1) is 0 Å². The highest BCUT2D eigenvalue weighted by molar-refractivity contribution is 7.99. The third-order valence-corrected chi connectivity index (χ3v) is 6.83. The molecule has 0 aromatic heterocycles. The number of carbonyl (C=O) groups excluding carboxylic acids is 1. The average Bonchev–Trinajstić information content (AvgIpc) is 2.75. The standard InChI is InChI=1S/C23H32N4O2S/c1-17(13-24)14-25-23(28)29-16-27(3,4)18(2)15-26-19-9-5-7-11-21(19)30-22-12-8-6-10-20(22)26/h5-12,17-18H,13-16,24H2,1-4H3/p+1. The van der Waals surface area contributed by atoms with E-state index in [1.165, 1.54) is 21.2 Å². The number of fused-ring (bicyclic) bond motifs is 2. The highest BCUT2D eigenvalue weighted by Gasteiger charge is 2.31. The molecule has 0 saturated carbocycles. The second-order valence-corrected chi connectivity index (χ2v) is 9.64. The molecule has 0 aliphatic carbocycles. The lowest BCUT2D eigenvalue weighted by molar-refractivity contribution is -0.927. The Labute approximate surface area is 184 Å². The summed E-state index contributed by atoms with van der Waals surface area (Å²) in [6, 6.07) is 17.2. The summed E-state index contributed by atoms with van der Waals surface area (Å²) < 4.78 is 6.07. The molecular formula is C23H33N4O2S+. The Morgan fingerprint density at radius 1 is 1.10 bits per heavy atom. The fraction of sp³-hybridized carbons (Fsp3) is 0.435. The van der Waals surface area contributed by atoms with Gasteiger partial charge in [0.15, 0.2) is 0 Å². The zero-order valence-electron chi connectivity index (χ0n) is 18.3. The normalized spacial score (nSPS) is 15.0. The first-order chi connectivity index (χ1) is 14.3. The number of alkyl carbamates (subject to hydrolysis) is 1. The van der Waals surface area contributed by atoms with Gasteiger partial charge in [-0.2, -0.15) is 0 Å². The van der Waals surface area contributed by atoms with Crippen LogP contribution in [0.15, 0.2) is 58.3 Å². The molecule has 0 spiro atoms. The number of amides is 1. The summed E-state index contributed by atoms with van der Waals surface area (Å²) in [4.78, 5) is 17.0. The summed E-state index contributed by atoms with van der Waals surface area (Å²) >= 11 is 1.81. The molecule has 3 N–H and O–H groups in total. The number of carbonyl (C=O) groups is 1. The van der Waals surface area contributed by atoms with E-state index < -0.39 is 6.09 Å². The second kappa shape index (κ2) is 9.73. The minimum Gasteiger partial charge on any atom is -0.399 e. The fourth-order valence-electron chi connectivity index (χ4n) is 3.21. The molecule has 1 aliphatic rings. The number of rotatable bonds is 8. The van der Waals surface area contributed by atoms with Crippen molar-refractivity contribution >= 4 is 29.2 Å². The first-order valence-corrected chi connectivity index (χ1v) is 11.2. The van der Waals surface area contributed by atoms with Crippen molar-refractivity contribution in [3.05, 3.63) is 48.5 Å². The van der Waals surface area contributed by atoms with Crippen LogP contribution < -0.4 is 16.0 Å². The van der Waals surface area contributed by atoms with Gasteiger partial charge in [0, 0.05) is 16.3 Å². The van der Waals surface area contributed by atoms with Crippen LogP contribution in [0, 0.1) is 5.92 Å². The van der Waals surface area contributed by atoms with Crippen molar-refractivity contribution in [3.8, 4) is 0 Å². The van der Waals surface area contributed by atoms with Gasteiger partial charge >= 0.3 is 6.09 Å². The fourth-order valence-corrected chi connectivity index (χ4v) is 4.30. The van der Waals surface area contributed by atoms with Crippen LogP contribution >= 0.6 is 11.8 Å². The number of para-hydroxylation sites is 2. The molecule has 1 heterocycles. The molecule has 2 aromatic carbocycles. The van der Waals surface area contributed by atoms with Crippen molar-refractivity contribution in [2.45, 2.75) is 29.7 Å². The molecule has 2 aromatic rings. The summed E-state index contributed by atoms with van der Waals surface area (Å²) in [5.74, 6) is 0.232. The predicted octanol–water partition coefficient (Wildman–Crippen LogP) is 4.03. The molecule has 30 heavy (non-hydrogen) atoms. The van der Waals surface area contributed by atoms with Crippen LogP contribution in [0.2, 0.25) is 0 Å². The molecule has 6 nitrogen and oxygen atoms in total. The molecule has 7 heteroatoms. The smallest absolute Gasteiger partial charge is 0.399 e. The third kappa shape index (κ3) is 5.28. The maximum absolute atomic E-state index is 12.1. The molecular weight excluding hydrogens is 396 g/mol. The molecule has 162 valence electrons. The number of anilines is 2. The van der Waals surface area contributed by atoms with Gasteiger partial charge in [-0.25, -0.2) is 4.79 Å². The van der Waals surface area contributed by atoms with E-state index in [0.29, 0.717) is 24.3 Å². The van der Waals surface area contributed by atoms with Crippen LogP contribution in [0.4, 0.5) is 16.2 Å². The minimum absolute atomic E-state index is 0.227. The quantitative estimate of drug-likeness (QED) is 0.490. The van der Waals surface area contributed by atoms with Gasteiger partial charge in [0.2, 0.25) is 6.73 Å². The number of nitrogens with zero attached hydrogens (tertiary/aromatic N) is 2. The minimum atomic E-state index is -0.390. The zero-order chi connectivity index (χ0) is 21.7. The Bertz CT molecular complexity index is 828. The number of hydrogen-bond acceptors (Lipinski definition) is 5. The highest BCUT2D eigenvalue weighted by atomic mass is 32.2. The zero-order valence-corrected chi connectivity index (χ0v) is 19.1. The number of benzene rings is 2. The number of ether oxygens (including phenoxy) is 1. The Morgan fingerprint density at radius 3 is 2.23 bits per heavy atom. The monoisotopic (exact) mass is 429 g/mol. The first kappa shape index (κ1) is 22.5. The van der Waals surface area contributed by atoms with E-state index >= 15 is 0 Å². The van der Waals surface area contributed by atoms with Crippen LogP contribution in [-0.2, 0) is 4.74 Å². The number of likely N-dealkylation sites (N-methyl/N-ethyl adjacent to an activating group) is 1. The van der Waals surface area contributed by atoms with E-state index in [2.05, 4.69) is 79.8 Å². The molecule has 0 bridgehead atoms. The van der Waals surface area contributed by atoms with E-state index in [0.717, 1.165) is 6.54 Å². The lowest BCUT2D eigenvalue weighted by Gasteiger charge is -2.40. The van der Waals surface area contributed by atoms with E-state index in [9.17, 15) is 4.79 Å². The maximum atomic E-state index is 12.1. The van der Waals surface area contributed by atoms with Crippen molar-refractivity contribution in [2.75, 3.05) is 45.4 Å². The Hall–Kier alpha value is -2.22. The molecule has 1 amide bonds. The number of nitrogens with one attached hydrogen (secondary N) is 1. The lowest BCUT2D eigenvalue weighted by Crippen LogP contribution is -2.54. The van der Waals surface area contributed by atoms with Crippen LogP contribution in [0.3, 0.4) is 0 Å². The first-order valence-electron chi connectivity index (χ1n) is 10.4. The van der Waals surface area contributed by atoms with Gasteiger partial charge in [-0.3, -0.25) is 4.48 Å². The van der Waals surface area contributed by atoms with E-state index in [1.54, 1.807) is 0 Å². The summed E-state index contributed by atoms with van der Waals surface area (Å²) in [6.07, 6.45) is -0.390. The topological polar surface area (TPSA) is 67.6 Å². The predicted molar refractivity (Wildman–Crippen MR) is 123 cm³/mol. The second-order valence-electron chi connectivity index (χ2n) is 8.56. The number of nitrogens with two attached hydrogens (primary N) is 1. The summed E-state index contributed by atoms with van der Waals surface area (Å²) in [6.45, 7) is 6.37. The Kier molecular flexibility index (Phi) is 7.28. The van der Waals surface area contributed by atoms with Gasteiger partial charge in [0.05, 0.1) is 32.0 Å². The molecule has 0 radical (unpaired) electrons. The van der Waals surface area contributed by atoms with Crippen molar-refractivity contribution in [1.29, 1.82) is 0 Å². The Balaban J connectivity index is 1.68. The third-order valence-electron chi connectivity index (χ3n) is 5.70. The van der Waals surface area contributed by atoms with Gasteiger partial charge < -0.3 is 20.7 Å². The van der Waals surface area contributed by atoms with E-state index in [-0.39, 0.29) is 12.0 Å².